The Hall–Kier alpha value is -2.89. The van der Waals surface area contributed by atoms with Gasteiger partial charge >= 0.3 is 0 Å². The largest absolute Gasteiger partial charge is 0.508 e. The van der Waals surface area contributed by atoms with E-state index in [1.807, 2.05) is 33.7 Å². The summed E-state index contributed by atoms with van der Waals surface area (Å²) in [6.07, 6.45) is 4.17. The van der Waals surface area contributed by atoms with Gasteiger partial charge in [0.05, 0.1) is 6.42 Å². The number of nitrogens with zero attached hydrogens (tertiary/aromatic N) is 4. The minimum absolute atomic E-state index is 0.134. The highest BCUT2D eigenvalue weighted by Gasteiger charge is 2.26. The molecule has 1 aliphatic rings. The predicted molar refractivity (Wildman–Crippen MR) is 93.4 cm³/mol. The second-order valence-electron chi connectivity index (χ2n) is 6.49. The molecule has 3 aromatic rings. The van der Waals surface area contributed by atoms with E-state index in [0.29, 0.717) is 12.3 Å². The van der Waals surface area contributed by atoms with Gasteiger partial charge in [0, 0.05) is 25.2 Å². The number of aromatic hydroxyl groups is 1. The Bertz CT molecular complexity index is 880. The first kappa shape index (κ1) is 15.6. The zero-order chi connectivity index (χ0) is 17.2. The molecule has 1 fully saturated rings. The van der Waals surface area contributed by atoms with Crippen LogP contribution < -0.4 is 0 Å². The molecule has 1 amide bonds. The van der Waals surface area contributed by atoms with Crippen LogP contribution in [-0.4, -0.2) is 43.6 Å². The van der Waals surface area contributed by atoms with Crippen LogP contribution in [0.5, 0.6) is 5.75 Å². The molecular formula is C19H20N4O2. The molecule has 4 rings (SSSR count). The number of piperidine rings is 1. The molecule has 1 saturated heterocycles. The Morgan fingerprint density at radius 1 is 1.08 bits per heavy atom. The van der Waals surface area contributed by atoms with Crippen molar-refractivity contribution in [2.45, 2.75) is 25.2 Å². The number of benzene rings is 1. The van der Waals surface area contributed by atoms with Crippen LogP contribution in [0.1, 0.15) is 30.1 Å². The van der Waals surface area contributed by atoms with E-state index in [4.69, 9.17) is 0 Å². The molecule has 2 aromatic heterocycles. The van der Waals surface area contributed by atoms with Crippen molar-refractivity contribution in [1.82, 2.24) is 19.5 Å². The van der Waals surface area contributed by atoms with E-state index in [0.717, 1.165) is 43.0 Å². The molecule has 0 spiro atoms. The molecule has 1 N–H and O–H groups in total. The highest BCUT2D eigenvalue weighted by atomic mass is 16.3. The summed E-state index contributed by atoms with van der Waals surface area (Å²) in [5.74, 6) is 1.67. The lowest BCUT2D eigenvalue weighted by Crippen LogP contribution is -2.39. The van der Waals surface area contributed by atoms with Gasteiger partial charge in [-0.1, -0.05) is 18.2 Å². The van der Waals surface area contributed by atoms with Crippen LogP contribution in [0.25, 0.3) is 5.65 Å². The van der Waals surface area contributed by atoms with E-state index in [1.54, 1.807) is 24.3 Å². The fourth-order valence-electron chi connectivity index (χ4n) is 3.43. The lowest BCUT2D eigenvalue weighted by atomic mass is 9.95. The molecule has 1 aliphatic heterocycles. The molecule has 1 aromatic carbocycles. The molecule has 0 atom stereocenters. The van der Waals surface area contributed by atoms with Crippen LogP contribution >= 0.6 is 0 Å². The molecule has 0 saturated carbocycles. The van der Waals surface area contributed by atoms with Crippen molar-refractivity contribution < 1.29 is 9.90 Å². The maximum atomic E-state index is 12.5. The van der Waals surface area contributed by atoms with Crippen molar-refractivity contribution in [3.05, 3.63) is 60.0 Å². The van der Waals surface area contributed by atoms with Gasteiger partial charge < -0.3 is 10.0 Å². The number of pyridine rings is 1. The van der Waals surface area contributed by atoms with Crippen LogP contribution in [0.15, 0.2) is 48.7 Å². The molecule has 0 aliphatic carbocycles. The number of hydrogen-bond acceptors (Lipinski definition) is 4. The molecule has 128 valence electrons. The van der Waals surface area contributed by atoms with Crippen LogP contribution in [-0.2, 0) is 11.2 Å². The topological polar surface area (TPSA) is 70.7 Å². The summed E-state index contributed by atoms with van der Waals surface area (Å²) in [7, 11) is 0. The van der Waals surface area contributed by atoms with E-state index >= 15 is 0 Å². The number of phenolic OH excluding ortho intramolecular Hbond substituents is 1. The maximum absolute atomic E-state index is 12.5. The molecule has 0 bridgehead atoms. The van der Waals surface area contributed by atoms with Crippen molar-refractivity contribution in [2.75, 3.05) is 13.1 Å². The maximum Gasteiger partial charge on any atom is 0.226 e. The van der Waals surface area contributed by atoms with Gasteiger partial charge in [-0.2, -0.15) is 0 Å². The Morgan fingerprint density at radius 2 is 1.84 bits per heavy atom. The number of phenols is 1. The quantitative estimate of drug-likeness (QED) is 0.797. The second-order valence-corrected chi connectivity index (χ2v) is 6.49. The standard InChI is InChI=1S/C19H20N4O2/c24-16-6-4-14(5-7-16)13-18(25)22-11-8-15(9-12-22)19-21-20-17-3-1-2-10-23(17)19/h1-7,10,15,24H,8-9,11-13H2. The Balaban J connectivity index is 1.39. The summed E-state index contributed by atoms with van der Waals surface area (Å²) in [4.78, 5) is 14.4. The second kappa shape index (κ2) is 6.55. The number of carbonyl (C=O) groups is 1. The molecule has 25 heavy (non-hydrogen) atoms. The van der Waals surface area contributed by atoms with Crippen LogP contribution in [0.4, 0.5) is 0 Å². The van der Waals surface area contributed by atoms with E-state index in [2.05, 4.69) is 10.2 Å². The smallest absolute Gasteiger partial charge is 0.226 e. The molecule has 6 nitrogen and oxygen atoms in total. The molecule has 3 heterocycles. The predicted octanol–water partition coefficient (Wildman–Crippen LogP) is 2.38. The van der Waals surface area contributed by atoms with Crippen molar-refractivity contribution >= 4 is 11.6 Å². The fraction of sp³-hybridized carbons (Fsp3) is 0.316. The first-order valence-electron chi connectivity index (χ1n) is 8.56. The lowest BCUT2D eigenvalue weighted by Gasteiger charge is -2.31. The summed E-state index contributed by atoms with van der Waals surface area (Å²) in [6.45, 7) is 1.48. The van der Waals surface area contributed by atoms with Crippen LogP contribution in [0.2, 0.25) is 0 Å². The summed E-state index contributed by atoms with van der Waals surface area (Å²) in [6, 6.07) is 12.7. The van der Waals surface area contributed by atoms with Crippen molar-refractivity contribution in [2.24, 2.45) is 0 Å². The van der Waals surface area contributed by atoms with E-state index in [-0.39, 0.29) is 11.7 Å². The first-order chi connectivity index (χ1) is 12.2. The number of fused-ring (bicyclic) bond motifs is 1. The number of hydrogen-bond donors (Lipinski definition) is 1. The van der Waals surface area contributed by atoms with Gasteiger partial charge in [0.25, 0.3) is 0 Å². The van der Waals surface area contributed by atoms with E-state index in [1.165, 1.54) is 0 Å². The molecular weight excluding hydrogens is 316 g/mol. The average Bonchev–Trinajstić information content (AvgIpc) is 3.08. The minimum Gasteiger partial charge on any atom is -0.508 e. The zero-order valence-electron chi connectivity index (χ0n) is 13.9. The van der Waals surface area contributed by atoms with Gasteiger partial charge in [-0.25, -0.2) is 0 Å². The van der Waals surface area contributed by atoms with E-state index in [9.17, 15) is 9.90 Å². The number of amides is 1. The van der Waals surface area contributed by atoms with Gasteiger partial charge in [-0.05, 0) is 42.7 Å². The Kier molecular flexibility index (Phi) is 4.09. The third-order valence-corrected chi connectivity index (χ3v) is 4.84. The number of aromatic nitrogens is 3. The Morgan fingerprint density at radius 3 is 2.60 bits per heavy atom. The van der Waals surface area contributed by atoms with Crippen molar-refractivity contribution in [3.63, 3.8) is 0 Å². The summed E-state index contributed by atoms with van der Waals surface area (Å²) < 4.78 is 2.04. The first-order valence-corrected chi connectivity index (χ1v) is 8.56. The highest BCUT2D eigenvalue weighted by molar-refractivity contribution is 5.78. The van der Waals surface area contributed by atoms with Crippen molar-refractivity contribution in [1.29, 1.82) is 0 Å². The third-order valence-electron chi connectivity index (χ3n) is 4.84. The van der Waals surface area contributed by atoms with E-state index < -0.39 is 0 Å². The van der Waals surface area contributed by atoms with Gasteiger partial charge in [0.15, 0.2) is 5.65 Å². The number of likely N-dealkylation sites (tertiary alicyclic amines) is 1. The normalized spacial score (nSPS) is 15.6. The van der Waals surface area contributed by atoms with Crippen LogP contribution in [0, 0.1) is 0 Å². The third kappa shape index (κ3) is 3.20. The minimum atomic E-state index is 0.134. The summed E-state index contributed by atoms with van der Waals surface area (Å²) in [5, 5.41) is 17.9. The molecule has 6 heteroatoms. The monoisotopic (exact) mass is 336 g/mol. The van der Waals surface area contributed by atoms with Gasteiger partial charge in [0.2, 0.25) is 5.91 Å². The highest BCUT2D eigenvalue weighted by Crippen LogP contribution is 2.27. The summed E-state index contributed by atoms with van der Waals surface area (Å²) in [5.41, 5.74) is 1.79. The molecule has 0 radical (unpaired) electrons. The lowest BCUT2D eigenvalue weighted by molar-refractivity contribution is -0.131. The van der Waals surface area contributed by atoms with Crippen LogP contribution in [0.3, 0.4) is 0 Å². The Labute approximate surface area is 145 Å². The molecule has 0 unspecified atom stereocenters. The number of rotatable bonds is 3. The fourth-order valence-corrected chi connectivity index (χ4v) is 3.43. The van der Waals surface area contributed by atoms with Crippen molar-refractivity contribution in [3.8, 4) is 5.75 Å². The number of carbonyl (C=O) groups excluding carboxylic acids is 1. The van der Waals surface area contributed by atoms with Gasteiger partial charge in [-0.15, -0.1) is 10.2 Å². The average molecular weight is 336 g/mol. The summed E-state index contributed by atoms with van der Waals surface area (Å²) >= 11 is 0. The van der Waals surface area contributed by atoms with Gasteiger partial charge in [0.1, 0.15) is 11.6 Å². The van der Waals surface area contributed by atoms with Gasteiger partial charge in [-0.3, -0.25) is 9.20 Å². The zero-order valence-corrected chi connectivity index (χ0v) is 13.9. The SMILES string of the molecule is O=C(Cc1ccc(O)cc1)N1CCC(c2nnc3ccccn23)CC1.